The highest BCUT2D eigenvalue weighted by molar-refractivity contribution is 5.82. The molecule has 130 valence electrons. The minimum absolute atomic E-state index is 0.302. The molecule has 0 aliphatic heterocycles. The summed E-state index contributed by atoms with van der Waals surface area (Å²) in [5.74, 6) is 1.57. The van der Waals surface area contributed by atoms with E-state index in [-0.39, 0.29) is 0 Å². The van der Waals surface area contributed by atoms with Crippen molar-refractivity contribution < 1.29 is 9.59 Å². The number of hydrogen-bond donors (Lipinski definition) is 0. The Kier molecular flexibility index (Phi) is 6.23. The van der Waals surface area contributed by atoms with Crippen molar-refractivity contribution in [3.05, 3.63) is 35.4 Å². The molecule has 24 heavy (non-hydrogen) atoms. The average Bonchev–Trinajstić information content (AvgIpc) is 2.61. The first kappa shape index (κ1) is 17.4. The molecule has 2 saturated carbocycles. The molecule has 0 N–H and O–H groups in total. The summed E-state index contributed by atoms with van der Waals surface area (Å²) in [5, 5.41) is 0. The molecule has 2 atom stereocenters. The van der Waals surface area contributed by atoms with Crippen LogP contribution in [-0.2, 0) is 22.4 Å². The van der Waals surface area contributed by atoms with Crippen LogP contribution in [0, 0.1) is 11.8 Å². The van der Waals surface area contributed by atoms with Gasteiger partial charge in [-0.3, -0.25) is 9.59 Å². The molecule has 0 spiro atoms. The maximum absolute atomic E-state index is 11.9. The van der Waals surface area contributed by atoms with Crippen LogP contribution in [-0.4, -0.2) is 11.6 Å². The lowest BCUT2D eigenvalue weighted by atomic mass is 9.83. The summed E-state index contributed by atoms with van der Waals surface area (Å²) in [6, 6.07) is 8.85. The number of ketones is 2. The van der Waals surface area contributed by atoms with E-state index in [9.17, 15) is 9.59 Å². The zero-order chi connectivity index (χ0) is 16.8. The van der Waals surface area contributed by atoms with Crippen molar-refractivity contribution in [2.45, 2.75) is 77.0 Å². The largest absolute Gasteiger partial charge is 0.299 e. The molecule has 2 nitrogen and oxygen atoms in total. The maximum Gasteiger partial charge on any atom is 0.135 e. The molecule has 2 aliphatic rings. The molecular formula is C22H30O2. The average molecular weight is 326 g/mol. The number of aryl methyl sites for hydroxylation is 2. The molecule has 0 radical (unpaired) electrons. The molecule has 2 fully saturated rings. The minimum atomic E-state index is 0.302. The Morgan fingerprint density at radius 2 is 1.08 bits per heavy atom. The van der Waals surface area contributed by atoms with Crippen LogP contribution in [0.4, 0.5) is 0 Å². The molecule has 1 aromatic carbocycles. The molecule has 2 heteroatoms. The number of carbonyl (C=O) groups is 2. The Bertz CT molecular complexity index is 507. The minimum Gasteiger partial charge on any atom is -0.299 e. The second-order valence-corrected chi connectivity index (χ2v) is 7.71. The van der Waals surface area contributed by atoms with E-state index >= 15 is 0 Å². The molecule has 0 saturated heterocycles. The van der Waals surface area contributed by atoms with Crippen LogP contribution in [0.1, 0.15) is 75.3 Å². The van der Waals surface area contributed by atoms with Crippen LogP contribution in [0.25, 0.3) is 0 Å². The van der Waals surface area contributed by atoms with Crippen molar-refractivity contribution in [3.8, 4) is 0 Å². The van der Waals surface area contributed by atoms with E-state index in [1.54, 1.807) is 0 Å². The van der Waals surface area contributed by atoms with Crippen molar-refractivity contribution in [1.29, 1.82) is 0 Å². The highest BCUT2D eigenvalue weighted by Crippen LogP contribution is 2.26. The molecule has 2 unspecified atom stereocenters. The van der Waals surface area contributed by atoms with E-state index in [2.05, 4.69) is 24.3 Å². The number of hydrogen-bond acceptors (Lipinski definition) is 2. The van der Waals surface area contributed by atoms with Gasteiger partial charge in [0.15, 0.2) is 0 Å². The summed E-state index contributed by atoms with van der Waals surface area (Å²) < 4.78 is 0. The van der Waals surface area contributed by atoms with E-state index in [4.69, 9.17) is 0 Å². The lowest BCUT2D eigenvalue weighted by molar-refractivity contribution is -0.125. The van der Waals surface area contributed by atoms with Gasteiger partial charge in [0, 0.05) is 24.7 Å². The van der Waals surface area contributed by atoms with Crippen LogP contribution < -0.4 is 0 Å². The third-order valence-corrected chi connectivity index (χ3v) is 5.95. The van der Waals surface area contributed by atoms with Gasteiger partial charge in [0.2, 0.25) is 0 Å². The number of Topliss-reactive ketones (excluding diaryl/α,β-unsaturated/α-hetero) is 2. The zero-order valence-electron chi connectivity index (χ0n) is 14.8. The van der Waals surface area contributed by atoms with E-state index in [0.717, 1.165) is 64.2 Å². The Hall–Kier alpha value is -1.44. The van der Waals surface area contributed by atoms with Gasteiger partial charge in [-0.05, 0) is 62.5 Å². The van der Waals surface area contributed by atoms with E-state index < -0.39 is 0 Å². The second-order valence-electron chi connectivity index (χ2n) is 7.71. The quantitative estimate of drug-likeness (QED) is 0.731. The van der Waals surface area contributed by atoms with Crippen molar-refractivity contribution in [1.82, 2.24) is 0 Å². The lowest BCUT2D eigenvalue weighted by Gasteiger charge is -2.20. The Labute approximate surface area is 146 Å². The molecule has 1 aromatic rings. The topological polar surface area (TPSA) is 34.1 Å². The van der Waals surface area contributed by atoms with Crippen molar-refractivity contribution in [2.24, 2.45) is 11.8 Å². The first-order valence-electron chi connectivity index (χ1n) is 9.85. The Balaban J connectivity index is 1.44. The van der Waals surface area contributed by atoms with Crippen LogP contribution >= 0.6 is 0 Å². The van der Waals surface area contributed by atoms with Gasteiger partial charge in [-0.25, -0.2) is 0 Å². The molecular weight excluding hydrogens is 296 g/mol. The predicted octanol–water partition coefficient (Wildman–Crippen LogP) is 5.07. The van der Waals surface area contributed by atoms with Crippen LogP contribution in [0.15, 0.2) is 24.3 Å². The standard InChI is InChI=1S/C22H30O2/c23-21-7-3-1-5-19(21)15-13-17-9-11-18(12-10-17)14-16-20-6-2-4-8-22(20)24/h9-12,19-20H,1-8,13-16H2. The van der Waals surface area contributed by atoms with Gasteiger partial charge in [0.25, 0.3) is 0 Å². The smallest absolute Gasteiger partial charge is 0.135 e. The highest BCUT2D eigenvalue weighted by atomic mass is 16.1. The molecule has 0 heterocycles. The first-order valence-corrected chi connectivity index (χ1v) is 9.85. The Morgan fingerprint density at radius 3 is 1.46 bits per heavy atom. The van der Waals surface area contributed by atoms with Crippen LogP contribution in [0.3, 0.4) is 0 Å². The normalized spacial score (nSPS) is 25.0. The predicted molar refractivity (Wildman–Crippen MR) is 97.0 cm³/mol. The van der Waals surface area contributed by atoms with Gasteiger partial charge in [-0.15, -0.1) is 0 Å². The number of benzene rings is 1. The summed E-state index contributed by atoms with van der Waals surface area (Å²) >= 11 is 0. The van der Waals surface area contributed by atoms with Crippen LogP contribution in [0.2, 0.25) is 0 Å². The molecule has 0 aromatic heterocycles. The summed E-state index contributed by atoms with van der Waals surface area (Å²) in [6.45, 7) is 0. The fourth-order valence-corrected chi connectivity index (χ4v) is 4.28. The number of carbonyl (C=O) groups excluding carboxylic acids is 2. The lowest BCUT2D eigenvalue weighted by Crippen LogP contribution is -2.19. The fraction of sp³-hybridized carbons (Fsp3) is 0.636. The molecule has 0 bridgehead atoms. The van der Waals surface area contributed by atoms with Gasteiger partial charge < -0.3 is 0 Å². The van der Waals surface area contributed by atoms with Crippen molar-refractivity contribution in [2.75, 3.05) is 0 Å². The van der Waals surface area contributed by atoms with Crippen LogP contribution in [0.5, 0.6) is 0 Å². The second kappa shape index (κ2) is 8.60. The monoisotopic (exact) mass is 326 g/mol. The maximum atomic E-state index is 11.9. The van der Waals surface area contributed by atoms with Gasteiger partial charge in [-0.2, -0.15) is 0 Å². The summed E-state index contributed by atoms with van der Waals surface area (Å²) in [6.07, 6.45) is 12.4. The SMILES string of the molecule is O=C1CCCCC1CCc1ccc(CCC2CCCCC2=O)cc1. The Morgan fingerprint density at radius 1 is 0.667 bits per heavy atom. The van der Waals surface area contributed by atoms with Crippen molar-refractivity contribution in [3.63, 3.8) is 0 Å². The van der Waals surface area contributed by atoms with Crippen molar-refractivity contribution >= 4 is 11.6 Å². The third kappa shape index (κ3) is 4.78. The molecule has 3 rings (SSSR count). The van der Waals surface area contributed by atoms with Gasteiger partial charge in [0.1, 0.15) is 11.6 Å². The highest BCUT2D eigenvalue weighted by Gasteiger charge is 2.22. The summed E-state index contributed by atoms with van der Waals surface area (Å²) in [7, 11) is 0. The van der Waals surface area contributed by atoms with Gasteiger partial charge in [0.05, 0.1) is 0 Å². The van der Waals surface area contributed by atoms with E-state index in [0.29, 0.717) is 23.4 Å². The fourth-order valence-electron chi connectivity index (χ4n) is 4.28. The zero-order valence-corrected chi connectivity index (χ0v) is 14.8. The summed E-state index contributed by atoms with van der Waals surface area (Å²) in [4.78, 5) is 23.8. The van der Waals surface area contributed by atoms with Gasteiger partial charge in [-0.1, -0.05) is 37.1 Å². The van der Waals surface area contributed by atoms with E-state index in [1.165, 1.54) is 24.0 Å². The first-order chi connectivity index (χ1) is 11.7. The molecule has 0 amide bonds. The summed E-state index contributed by atoms with van der Waals surface area (Å²) in [5.41, 5.74) is 2.68. The van der Waals surface area contributed by atoms with E-state index in [1.807, 2.05) is 0 Å². The molecule has 2 aliphatic carbocycles. The third-order valence-electron chi connectivity index (χ3n) is 5.95. The number of rotatable bonds is 6. The van der Waals surface area contributed by atoms with Gasteiger partial charge >= 0.3 is 0 Å².